The molecule has 2 heterocycles. The number of fused-ring (bicyclic) bond motifs is 2. The summed E-state index contributed by atoms with van der Waals surface area (Å²) in [6.45, 7) is 2.62. The molecular formula is C26H27F3N2O6. The topological polar surface area (TPSA) is 113 Å². The average molecular weight is 521 g/mol. The van der Waals surface area contributed by atoms with Crippen LogP contribution in [0.5, 0.6) is 11.5 Å². The average Bonchev–Trinajstić information content (AvgIpc) is 3.48. The lowest BCUT2D eigenvalue weighted by atomic mass is 9.90. The van der Waals surface area contributed by atoms with Crippen LogP contribution in [0, 0.1) is 5.82 Å². The number of hydrogen-bond acceptors (Lipinski definition) is 6. The van der Waals surface area contributed by atoms with Gasteiger partial charge in [0.25, 0.3) is 0 Å². The number of benzene rings is 2. The van der Waals surface area contributed by atoms with Gasteiger partial charge in [0.15, 0.2) is 17.3 Å². The smallest absolute Gasteiger partial charge is 0.395 e. The molecule has 1 fully saturated rings. The first kappa shape index (κ1) is 25.4. The van der Waals surface area contributed by atoms with Gasteiger partial charge < -0.3 is 34.7 Å². The minimum Gasteiger partial charge on any atom is -0.395 e. The molecule has 8 nitrogen and oxygen atoms in total. The molecule has 1 aliphatic carbocycles. The lowest BCUT2D eigenvalue weighted by Gasteiger charge is -2.25. The van der Waals surface area contributed by atoms with Crippen molar-refractivity contribution in [1.29, 1.82) is 0 Å². The second-order valence-corrected chi connectivity index (χ2v) is 10.2. The third kappa shape index (κ3) is 4.30. The Balaban J connectivity index is 1.49. The zero-order chi connectivity index (χ0) is 26.8. The van der Waals surface area contributed by atoms with E-state index in [-0.39, 0.29) is 35.9 Å². The van der Waals surface area contributed by atoms with Crippen LogP contribution in [-0.4, -0.2) is 51.4 Å². The molecule has 0 saturated heterocycles. The number of anilines is 1. The Hall–Kier alpha value is -3.28. The quantitative estimate of drug-likeness (QED) is 0.362. The highest BCUT2D eigenvalue weighted by molar-refractivity contribution is 6.03. The number of rotatable bonds is 8. The van der Waals surface area contributed by atoms with Crippen molar-refractivity contribution in [2.24, 2.45) is 0 Å². The molecule has 5 rings (SSSR count). The number of nitrogens with zero attached hydrogens (tertiary/aromatic N) is 1. The number of halogens is 3. The minimum absolute atomic E-state index is 0.0951. The predicted octanol–water partition coefficient (Wildman–Crippen LogP) is 3.40. The largest absolute Gasteiger partial charge is 0.586 e. The monoisotopic (exact) mass is 520 g/mol. The van der Waals surface area contributed by atoms with Crippen LogP contribution in [0.4, 0.5) is 18.9 Å². The summed E-state index contributed by atoms with van der Waals surface area (Å²) in [6, 6.07) is 8.92. The van der Waals surface area contributed by atoms with E-state index >= 15 is 4.39 Å². The highest BCUT2D eigenvalue weighted by atomic mass is 19.3. The molecule has 1 saturated carbocycles. The van der Waals surface area contributed by atoms with Crippen molar-refractivity contribution in [2.45, 2.75) is 56.5 Å². The molecule has 4 N–H and O–H groups in total. The van der Waals surface area contributed by atoms with Crippen molar-refractivity contribution in [3.05, 3.63) is 53.5 Å². The fourth-order valence-electron chi connectivity index (χ4n) is 4.77. The normalized spacial score (nSPS) is 18.2. The van der Waals surface area contributed by atoms with Gasteiger partial charge in [0.05, 0.1) is 42.5 Å². The molecule has 0 radical (unpaired) electrons. The zero-order valence-corrected chi connectivity index (χ0v) is 20.2. The maximum atomic E-state index is 15.9. The summed E-state index contributed by atoms with van der Waals surface area (Å²) in [5, 5.41) is 32.5. The summed E-state index contributed by atoms with van der Waals surface area (Å²) in [7, 11) is 0. The van der Waals surface area contributed by atoms with Gasteiger partial charge in [-0.1, -0.05) is 26.0 Å². The second-order valence-electron chi connectivity index (χ2n) is 10.2. The third-order valence-corrected chi connectivity index (χ3v) is 7.08. The van der Waals surface area contributed by atoms with E-state index in [1.165, 1.54) is 28.8 Å². The minimum atomic E-state index is -3.78. The fourth-order valence-corrected chi connectivity index (χ4v) is 4.77. The van der Waals surface area contributed by atoms with Crippen LogP contribution in [-0.2, 0) is 22.2 Å². The molecule has 2 aliphatic rings. The Bertz CT molecular complexity index is 1380. The van der Waals surface area contributed by atoms with Crippen LogP contribution >= 0.6 is 0 Å². The zero-order valence-electron chi connectivity index (χ0n) is 20.2. The predicted molar refractivity (Wildman–Crippen MR) is 127 cm³/mol. The van der Waals surface area contributed by atoms with E-state index in [9.17, 15) is 28.9 Å². The first-order chi connectivity index (χ1) is 17.4. The molecule has 37 heavy (non-hydrogen) atoms. The number of carbonyl (C=O) groups excluding carboxylic acids is 1. The summed E-state index contributed by atoms with van der Waals surface area (Å²) in [5.41, 5.74) is -0.794. The van der Waals surface area contributed by atoms with E-state index in [0.717, 1.165) is 0 Å². The first-order valence-corrected chi connectivity index (χ1v) is 11.8. The van der Waals surface area contributed by atoms with Gasteiger partial charge in [0, 0.05) is 16.5 Å². The van der Waals surface area contributed by atoms with Crippen LogP contribution in [0.3, 0.4) is 0 Å². The van der Waals surface area contributed by atoms with Crippen molar-refractivity contribution < 1.29 is 42.8 Å². The number of amides is 1. The molecule has 1 aliphatic heterocycles. The maximum absolute atomic E-state index is 15.9. The molecule has 0 bridgehead atoms. The first-order valence-electron chi connectivity index (χ1n) is 11.8. The van der Waals surface area contributed by atoms with Gasteiger partial charge in [0.2, 0.25) is 5.91 Å². The maximum Gasteiger partial charge on any atom is 0.586 e. The standard InChI is InChI=1S/C26H27F3N2O6/c1-24(2,13-33)20-9-14-3-5-17(21(27)22(14)31(20)11-16(34)12-32)30-23(35)25(7-8-25)15-4-6-18-19(10-15)37-26(28,29)36-18/h3-6,9-10,16,32-34H,7-8,11-13H2,1-2H3,(H,30,35)/t16-/m0/s1. The fraction of sp³-hybridized carbons (Fsp3) is 0.423. The number of aliphatic hydroxyl groups is 3. The van der Waals surface area contributed by atoms with Crippen molar-refractivity contribution in [1.82, 2.24) is 4.57 Å². The molecule has 2 aromatic carbocycles. The van der Waals surface area contributed by atoms with Crippen LogP contribution in [0.25, 0.3) is 10.9 Å². The summed E-state index contributed by atoms with van der Waals surface area (Å²) >= 11 is 0. The number of alkyl halides is 2. The molecular weight excluding hydrogens is 493 g/mol. The van der Waals surface area contributed by atoms with E-state index in [1.54, 1.807) is 26.0 Å². The Kier molecular flexibility index (Phi) is 5.93. The molecule has 0 spiro atoms. The van der Waals surface area contributed by atoms with E-state index in [0.29, 0.717) is 29.5 Å². The van der Waals surface area contributed by atoms with E-state index in [4.69, 9.17) is 0 Å². The molecule has 1 aromatic heterocycles. The number of nitrogens with one attached hydrogen (secondary N) is 1. The highest BCUT2D eigenvalue weighted by Gasteiger charge is 2.53. The van der Waals surface area contributed by atoms with Crippen LogP contribution in [0.1, 0.15) is 37.9 Å². The van der Waals surface area contributed by atoms with E-state index < -0.39 is 41.6 Å². The number of aliphatic hydroxyl groups excluding tert-OH is 3. The number of aromatic nitrogens is 1. The van der Waals surface area contributed by atoms with Crippen molar-refractivity contribution >= 4 is 22.5 Å². The van der Waals surface area contributed by atoms with Gasteiger partial charge in [-0.2, -0.15) is 0 Å². The Morgan fingerprint density at radius 1 is 1.14 bits per heavy atom. The van der Waals surface area contributed by atoms with Crippen LogP contribution in [0.15, 0.2) is 36.4 Å². The Labute approximate surface area is 210 Å². The molecule has 11 heteroatoms. The number of hydrogen-bond donors (Lipinski definition) is 4. The Morgan fingerprint density at radius 3 is 2.49 bits per heavy atom. The molecule has 0 unspecified atom stereocenters. The van der Waals surface area contributed by atoms with Crippen molar-refractivity contribution in [3.8, 4) is 11.5 Å². The van der Waals surface area contributed by atoms with Gasteiger partial charge in [-0.15, -0.1) is 8.78 Å². The SMILES string of the molecule is CC(C)(CO)c1cc2ccc(NC(=O)C3(c4ccc5c(c4)OC(F)(F)O5)CC3)c(F)c2n1C[C@H](O)CO. The molecule has 1 amide bonds. The second kappa shape index (κ2) is 8.64. The van der Waals surface area contributed by atoms with Crippen molar-refractivity contribution in [2.75, 3.05) is 18.5 Å². The lowest BCUT2D eigenvalue weighted by molar-refractivity contribution is -0.286. The number of carbonyl (C=O) groups is 1. The summed E-state index contributed by atoms with van der Waals surface area (Å²) in [5.74, 6) is -1.54. The van der Waals surface area contributed by atoms with E-state index in [1.807, 2.05) is 0 Å². The molecule has 3 aromatic rings. The highest BCUT2D eigenvalue weighted by Crippen LogP contribution is 2.52. The van der Waals surface area contributed by atoms with Crippen LogP contribution < -0.4 is 14.8 Å². The summed E-state index contributed by atoms with van der Waals surface area (Å²) < 4.78 is 53.1. The molecule has 1 atom stereocenters. The van der Waals surface area contributed by atoms with Crippen molar-refractivity contribution in [3.63, 3.8) is 0 Å². The lowest BCUT2D eigenvalue weighted by Crippen LogP contribution is -2.30. The summed E-state index contributed by atoms with van der Waals surface area (Å²) in [4.78, 5) is 13.3. The number of ether oxygens (including phenoxy) is 2. The van der Waals surface area contributed by atoms with Gasteiger partial charge in [-0.25, -0.2) is 4.39 Å². The third-order valence-electron chi connectivity index (χ3n) is 7.08. The molecule has 198 valence electrons. The Morgan fingerprint density at radius 2 is 1.84 bits per heavy atom. The van der Waals surface area contributed by atoms with Gasteiger partial charge >= 0.3 is 6.29 Å². The van der Waals surface area contributed by atoms with Gasteiger partial charge in [-0.05, 0) is 42.7 Å². The van der Waals surface area contributed by atoms with Gasteiger partial charge in [0.1, 0.15) is 0 Å². The van der Waals surface area contributed by atoms with E-state index in [2.05, 4.69) is 14.8 Å². The van der Waals surface area contributed by atoms with Crippen LogP contribution in [0.2, 0.25) is 0 Å². The van der Waals surface area contributed by atoms with Gasteiger partial charge in [-0.3, -0.25) is 4.79 Å². The summed E-state index contributed by atoms with van der Waals surface area (Å²) in [6.07, 6.45) is -4.07.